The second-order valence-corrected chi connectivity index (χ2v) is 8.51. The van der Waals surface area contributed by atoms with Crippen LogP contribution in [0, 0.1) is 0 Å². The third kappa shape index (κ3) is 5.07. The van der Waals surface area contributed by atoms with Gasteiger partial charge in [0.2, 0.25) is 0 Å². The summed E-state index contributed by atoms with van der Waals surface area (Å²) >= 11 is 0. The molecule has 3 rings (SSSR count). The predicted molar refractivity (Wildman–Crippen MR) is 115 cm³/mol. The lowest BCUT2D eigenvalue weighted by Gasteiger charge is -2.31. The largest absolute Gasteiger partial charge is 0.459 e. The minimum absolute atomic E-state index is 0.243. The van der Waals surface area contributed by atoms with Gasteiger partial charge in [0.05, 0.1) is 8.15 Å². The van der Waals surface area contributed by atoms with Crippen molar-refractivity contribution in [2.45, 2.75) is 32.5 Å². The zero-order chi connectivity index (χ0) is 19.8. The van der Waals surface area contributed by atoms with Crippen LogP contribution in [0.1, 0.15) is 25.8 Å². The summed E-state index contributed by atoms with van der Waals surface area (Å²) in [7, 11) is -1.14. The molecule has 3 aromatic carbocycles. The molecule has 0 N–H and O–H groups in total. The maximum absolute atomic E-state index is 12.9. The van der Waals surface area contributed by atoms with E-state index in [9.17, 15) is 4.79 Å². The lowest BCUT2D eigenvalue weighted by Crippen LogP contribution is -2.39. The molecule has 0 amide bonds. The van der Waals surface area contributed by atoms with E-state index in [0.29, 0.717) is 6.42 Å². The molecule has 4 heteroatoms. The number of hydrogen-bond donors (Lipinski definition) is 0. The highest BCUT2D eigenvalue weighted by Crippen LogP contribution is 2.41. The molecule has 0 radical (unpaired) electrons. The molecule has 0 aromatic heterocycles. The molecule has 3 nitrogen and oxygen atoms in total. The molecule has 3 aromatic rings. The molecule has 28 heavy (non-hydrogen) atoms. The van der Waals surface area contributed by atoms with E-state index in [1.807, 2.05) is 105 Å². The highest BCUT2D eigenvalue weighted by Gasteiger charge is 2.38. The summed E-state index contributed by atoms with van der Waals surface area (Å²) < 4.78 is 12.1. The van der Waals surface area contributed by atoms with E-state index in [1.165, 1.54) is 0 Å². The lowest BCUT2D eigenvalue weighted by atomic mass is 10.0. The number of benzene rings is 3. The van der Waals surface area contributed by atoms with Crippen LogP contribution in [-0.4, -0.2) is 11.6 Å². The fourth-order valence-corrected chi connectivity index (χ4v) is 4.71. The summed E-state index contributed by atoms with van der Waals surface area (Å²) in [4.78, 5) is 12.9. The second kappa shape index (κ2) is 9.64. The normalized spacial score (nSPS) is 13.1. The van der Waals surface area contributed by atoms with E-state index in [2.05, 4.69) is 0 Å². The quantitative estimate of drug-likeness (QED) is 0.401. The molecule has 0 aliphatic carbocycles. The number of esters is 1. The Balaban J connectivity index is 1.81. The number of carbonyl (C=O) groups is 1. The van der Waals surface area contributed by atoms with Crippen LogP contribution < -0.4 is 10.6 Å². The fourth-order valence-electron chi connectivity index (χ4n) is 2.70. The van der Waals surface area contributed by atoms with Crippen LogP contribution >= 0.6 is 8.15 Å². The fraction of sp³-hybridized carbons (Fsp3) is 0.208. The second-order valence-electron chi connectivity index (χ2n) is 6.70. The van der Waals surface area contributed by atoms with Crippen molar-refractivity contribution in [3.05, 3.63) is 96.6 Å². The average molecular weight is 392 g/mol. The Hall–Kier alpha value is -2.48. The van der Waals surface area contributed by atoms with Gasteiger partial charge in [-0.3, -0.25) is 0 Å². The molecule has 0 fully saturated rings. The first-order valence-electron chi connectivity index (χ1n) is 9.43. The first kappa shape index (κ1) is 20.3. The van der Waals surface area contributed by atoms with Crippen LogP contribution in [0.5, 0.6) is 0 Å². The number of hydrogen-bond acceptors (Lipinski definition) is 3. The molecule has 0 aliphatic heterocycles. The Labute approximate surface area is 168 Å². The van der Waals surface area contributed by atoms with Crippen molar-refractivity contribution < 1.29 is 14.1 Å². The van der Waals surface area contributed by atoms with E-state index in [0.717, 1.165) is 16.2 Å². The SMILES string of the molecule is CC[C@](C)(OP(c1ccccc1)c1ccccc1)C(=O)OCc1ccccc1. The summed E-state index contributed by atoms with van der Waals surface area (Å²) in [5, 5.41) is 2.14. The van der Waals surface area contributed by atoms with E-state index in [1.54, 1.807) is 0 Å². The van der Waals surface area contributed by atoms with Crippen LogP contribution in [0.15, 0.2) is 91.0 Å². The zero-order valence-corrected chi connectivity index (χ0v) is 17.1. The van der Waals surface area contributed by atoms with Crippen LogP contribution in [-0.2, 0) is 20.7 Å². The van der Waals surface area contributed by atoms with Crippen LogP contribution in [0.3, 0.4) is 0 Å². The Kier molecular flexibility index (Phi) is 6.97. The molecule has 0 saturated carbocycles. The summed E-state index contributed by atoms with van der Waals surface area (Å²) in [6.45, 7) is 4.02. The molecule has 0 aliphatic rings. The van der Waals surface area contributed by atoms with E-state index >= 15 is 0 Å². The molecular formula is C24H25O3P. The van der Waals surface area contributed by atoms with Gasteiger partial charge in [-0.1, -0.05) is 97.9 Å². The minimum Gasteiger partial charge on any atom is -0.459 e. The standard InChI is InChI=1S/C24H25O3P/c1-3-24(2,23(25)26-19-20-13-7-4-8-14-20)27-28(21-15-9-5-10-16-21)22-17-11-6-12-18-22/h4-18H,3,19H2,1-2H3/t24-/m0/s1. The molecule has 0 saturated heterocycles. The molecule has 144 valence electrons. The lowest BCUT2D eigenvalue weighted by molar-refractivity contribution is -0.161. The summed E-state index contributed by atoms with van der Waals surface area (Å²) in [5.74, 6) is -0.335. The first-order valence-corrected chi connectivity index (χ1v) is 10.7. The summed E-state index contributed by atoms with van der Waals surface area (Å²) in [6, 6.07) is 29.8. The minimum atomic E-state index is -1.14. The first-order chi connectivity index (χ1) is 13.6. The van der Waals surface area contributed by atoms with Crippen molar-refractivity contribution in [2.24, 2.45) is 0 Å². The number of ether oxygens (including phenoxy) is 1. The van der Waals surface area contributed by atoms with Gasteiger partial charge < -0.3 is 9.26 Å². The third-order valence-corrected chi connectivity index (χ3v) is 6.71. The Morgan fingerprint density at radius 1 is 0.821 bits per heavy atom. The van der Waals surface area contributed by atoms with Gasteiger partial charge in [-0.2, -0.15) is 0 Å². The monoisotopic (exact) mass is 392 g/mol. The van der Waals surface area contributed by atoms with Gasteiger partial charge in [-0.05, 0) is 18.9 Å². The topological polar surface area (TPSA) is 35.5 Å². The number of rotatable bonds is 8. The molecule has 0 unspecified atom stereocenters. The van der Waals surface area contributed by atoms with Gasteiger partial charge in [0, 0.05) is 10.6 Å². The van der Waals surface area contributed by atoms with Crippen molar-refractivity contribution in [3.8, 4) is 0 Å². The Bertz CT molecular complexity index is 829. The van der Waals surface area contributed by atoms with Crippen molar-refractivity contribution in [1.82, 2.24) is 0 Å². The van der Waals surface area contributed by atoms with Crippen molar-refractivity contribution >= 4 is 24.7 Å². The molecule has 0 spiro atoms. The Morgan fingerprint density at radius 2 is 1.29 bits per heavy atom. The molecule has 1 atom stereocenters. The summed E-state index contributed by atoms with van der Waals surface area (Å²) in [6.07, 6.45) is 0.527. The van der Waals surface area contributed by atoms with Crippen LogP contribution in [0.2, 0.25) is 0 Å². The highest BCUT2D eigenvalue weighted by molar-refractivity contribution is 7.68. The van der Waals surface area contributed by atoms with Gasteiger partial charge in [0.15, 0.2) is 5.60 Å². The van der Waals surface area contributed by atoms with Gasteiger partial charge in [-0.15, -0.1) is 0 Å². The molecule has 0 heterocycles. The third-order valence-electron chi connectivity index (χ3n) is 4.59. The van der Waals surface area contributed by atoms with Crippen LogP contribution in [0.4, 0.5) is 0 Å². The van der Waals surface area contributed by atoms with Gasteiger partial charge >= 0.3 is 5.97 Å². The maximum Gasteiger partial charge on any atom is 0.338 e. The van der Waals surface area contributed by atoms with E-state index in [-0.39, 0.29) is 12.6 Å². The Morgan fingerprint density at radius 3 is 1.75 bits per heavy atom. The maximum atomic E-state index is 12.9. The number of carbonyl (C=O) groups excluding carboxylic acids is 1. The van der Waals surface area contributed by atoms with Crippen molar-refractivity contribution in [1.29, 1.82) is 0 Å². The van der Waals surface area contributed by atoms with Gasteiger partial charge in [0.25, 0.3) is 0 Å². The zero-order valence-electron chi connectivity index (χ0n) is 16.2. The van der Waals surface area contributed by atoms with E-state index in [4.69, 9.17) is 9.26 Å². The van der Waals surface area contributed by atoms with Gasteiger partial charge in [0.1, 0.15) is 6.61 Å². The average Bonchev–Trinajstić information content (AvgIpc) is 2.77. The van der Waals surface area contributed by atoms with Crippen molar-refractivity contribution in [2.75, 3.05) is 0 Å². The molecular weight excluding hydrogens is 367 g/mol. The predicted octanol–water partition coefficient (Wildman–Crippen LogP) is 4.96. The summed E-state index contributed by atoms with van der Waals surface area (Å²) in [5.41, 5.74) is -0.0608. The van der Waals surface area contributed by atoms with Gasteiger partial charge in [-0.25, -0.2) is 4.79 Å². The smallest absolute Gasteiger partial charge is 0.338 e. The van der Waals surface area contributed by atoms with E-state index < -0.39 is 13.7 Å². The van der Waals surface area contributed by atoms with Crippen LogP contribution in [0.25, 0.3) is 0 Å². The van der Waals surface area contributed by atoms with Crippen molar-refractivity contribution in [3.63, 3.8) is 0 Å². The molecule has 0 bridgehead atoms. The highest BCUT2D eigenvalue weighted by atomic mass is 31.1.